The summed E-state index contributed by atoms with van der Waals surface area (Å²) in [6, 6.07) is 10.9. The molecule has 1 aromatic carbocycles. The number of anilines is 3. The van der Waals surface area contributed by atoms with E-state index in [0.29, 0.717) is 28.4 Å². The molecule has 0 spiro atoms. The van der Waals surface area contributed by atoms with E-state index < -0.39 is 0 Å². The number of hydrogen-bond donors (Lipinski definition) is 2. The van der Waals surface area contributed by atoms with Crippen molar-refractivity contribution in [1.82, 2.24) is 20.2 Å². The van der Waals surface area contributed by atoms with Gasteiger partial charge in [-0.3, -0.25) is 4.98 Å². The lowest BCUT2D eigenvalue weighted by molar-refractivity contribution is 0.934. The lowest BCUT2D eigenvalue weighted by Crippen LogP contribution is -2.07. The summed E-state index contributed by atoms with van der Waals surface area (Å²) in [7, 11) is 0. The van der Waals surface area contributed by atoms with Gasteiger partial charge in [0, 0.05) is 11.9 Å². The first kappa shape index (κ1) is 15.5. The molecule has 0 saturated heterocycles. The Morgan fingerprint density at radius 1 is 1.04 bits per heavy atom. The van der Waals surface area contributed by atoms with Crippen molar-refractivity contribution in [1.29, 1.82) is 0 Å². The summed E-state index contributed by atoms with van der Waals surface area (Å²) in [4.78, 5) is 8.56. The maximum Gasteiger partial charge on any atom is 0.245 e. The third kappa shape index (κ3) is 4.28. The van der Waals surface area contributed by atoms with E-state index in [2.05, 4.69) is 30.8 Å². The molecular weight excluding hydrogens is 335 g/mol. The van der Waals surface area contributed by atoms with Crippen LogP contribution in [0.1, 0.15) is 5.69 Å². The SMILES string of the molecule is Clc1ccc(Nc2cnnc(NCc3ccccn3)n2)cc1Cl. The summed E-state index contributed by atoms with van der Waals surface area (Å²) < 4.78 is 0. The summed E-state index contributed by atoms with van der Waals surface area (Å²) in [6.45, 7) is 0.513. The van der Waals surface area contributed by atoms with Crippen molar-refractivity contribution in [3.63, 3.8) is 0 Å². The molecule has 0 aliphatic rings. The first-order valence-corrected chi connectivity index (χ1v) is 7.52. The fraction of sp³-hybridized carbons (Fsp3) is 0.0667. The van der Waals surface area contributed by atoms with Gasteiger partial charge in [0.1, 0.15) is 0 Å². The van der Waals surface area contributed by atoms with Crippen molar-refractivity contribution in [2.45, 2.75) is 6.54 Å². The molecule has 0 saturated carbocycles. The van der Waals surface area contributed by atoms with E-state index >= 15 is 0 Å². The highest BCUT2D eigenvalue weighted by Crippen LogP contribution is 2.26. The average molecular weight is 347 g/mol. The van der Waals surface area contributed by atoms with Crippen LogP contribution < -0.4 is 10.6 Å². The summed E-state index contributed by atoms with van der Waals surface area (Å²) in [5.74, 6) is 0.947. The zero-order valence-electron chi connectivity index (χ0n) is 11.9. The summed E-state index contributed by atoms with van der Waals surface area (Å²) >= 11 is 11.9. The number of rotatable bonds is 5. The molecule has 0 aliphatic carbocycles. The van der Waals surface area contributed by atoms with E-state index in [9.17, 15) is 0 Å². The van der Waals surface area contributed by atoms with Crippen LogP contribution in [0.25, 0.3) is 0 Å². The molecule has 0 bridgehead atoms. The predicted octanol–water partition coefficient (Wildman–Crippen LogP) is 3.93. The van der Waals surface area contributed by atoms with Crippen molar-refractivity contribution in [3.8, 4) is 0 Å². The van der Waals surface area contributed by atoms with Gasteiger partial charge in [-0.25, -0.2) is 0 Å². The molecule has 116 valence electrons. The van der Waals surface area contributed by atoms with Crippen molar-refractivity contribution in [3.05, 3.63) is 64.5 Å². The van der Waals surface area contributed by atoms with Crippen LogP contribution in [-0.2, 0) is 6.54 Å². The van der Waals surface area contributed by atoms with E-state index in [1.54, 1.807) is 24.4 Å². The van der Waals surface area contributed by atoms with Crippen LogP contribution in [0, 0.1) is 0 Å². The Bertz CT molecular complexity index is 797. The van der Waals surface area contributed by atoms with Crippen molar-refractivity contribution in [2.75, 3.05) is 10.6 Å². The van der Waals surface area contributed by atoms with Crippen molar-refractivity contribution < 1.29 is 0 Å². The largest absolute Gasteiger partial charge is 0.347 e. The van der Waals surface area contributed by atoms with E-state index in [-0.39, 0.29) is 0 Å². The first-order chi connectivity index (χ1) is 11.2. The Morgan fingerprint density at radius 3 is 2.74 bits per heavy atom. The predicted molar refractivity (Wildman–Crippen MR) is 91.1 cm³/mol. The molecule has 2 heterocycles. The molecule has 0 aliphatic heterocycles. The minimum Gasteiger partial charge on any atom is -0.347 e. The van der Waals surface area contributed by atoms with E-state index in [1.807, 2.05) is 18.2 Å². The second kappa shape index (κ2) is 7.21. The van der Waals surface area contributed by atoms with Gasteiger partial charge in [-0.05, 0) is 30.3 Å². The van der Waals surface area contributed by atoms with Crippen molar-refractivity contribution in [2.24, 2.45) is 0 Å². The molecule has 2 aromatic heterocycles. The Hall–Kier alpha value is -2.44. The zero-order valence-corrected chi connectivity index (χ0v) is 13.4. The molecule has 23 heavy (non-hydrogen) atoms. The highest BCUT2D eigenvalue weighted by Gasteiger charge is 2.04. The number of nitrogens with zero attached hydrogens (tertiary/aromatic N) is 4. The fourth-order valence-corrected chi connectivity index (χ4v) is 2.13. The topological polar surface area (TPSA) is 75.6 Å². The standard InChI is InChI=1S/C15H12Cl2N6/c16-12-5-4-10(7-13(12)17)21-14-9-20-23-15(22-14)19-8-11-3-1-2-6-18-11/h1-7,9H,8H2,(H2,19,21,22,23). The number of aromatic nitrogens is 4. The number of pyridine rings is 1. The molecule has 0 unspecified atom stereocenters. The van der Waals surface area contributed by atoms with Crippen LogP contribution in [0.4, 0.5) is 17.5 Å². The van der Waals surface area contributed by atoms with Crippen molar-refractivity contribution >= 4 is 40.7 Å². The number of halogens is 2. The molecule has 3 rings (SSSR count). The number of hydrogen-bond acceptors (Lipinski definition) is 6. The monoisotopic (exact) mass is 346 g/mol. The van der Waals surface area contributed by atoms with Gasteiger partial charge in [-0.15, -0.1) is 5.10 Å². The van der Waals surface area contributed by atoms with Crippen LogP contribution in [0.2, 0.25) is 10.0 Å². The molecule has 8 heteroatoms. The third-order valence-electron chi connectivity index (χ3n) is 2.90. The second-order valence-electron chi connectivity index (χ2n) is 4.59. The minimum absolute atomic E-state index is 0.403. The summed E-state index contributed by atoms with van der Waals surface area (Å²) in [6.07, 6.45) is 3.26. The van der Waals surface area contributed by atoms with Gasteiger partial charge in [0.05, 0.1) is 28.5 Å². The molecule has 6 nitrogen and oxygen atoms in total. The smallest absolute Gasteiger partial charge is 0.245 e. The first-order valence-electron chi connectivity index (χ1n) is 6.76. The Kier molecular flexibility index (Phi) is 4.85. The maximum absolute atomic E-state index is 5.99. The highest BCUT2D eigenvalue weighted by molar-refractivity contribution is 6.42. The van der Waals surface area contributed by atoms with E-state index in [4.69, 9.17) is 23.2 Å². The van der Waals surface area contributed by atoms with Gasteiger partial charge in [-0.2, -0.15) is 10.1 Å². The molecule has 0 atom stereocenters. The second-order valence-corrected chi connectivity index (χ2v) is 5.41. The highest BCUT2D eigenvalue weighted by atomic mass is 35.5. The molecule has 3 aromatic rings. The van der Waals surface area contributed by atoms with Gasteiger partial charge >= 0.3 is 0 Å². The van der Waals surface area contributed by atoms with Gasteiger partial charge in [0.2, 0.25) is 5.95 Å². The lowest BCUT2D eigenvalue weighted by Gasteiger charge is -2.08. The van der Waals surface area contributed by atoms with E-state index in [1.165, 1.54) is 6.20 Å². The summed E-state index contributed by atoms with van der Waals surface area (Å²) in [5.41, 5.74) is 1.65. The summed E-state index contributed by atoms with van der Waals surface area (Å²) in [5, 5.41) is 15.0. The fourth-order valence-electron chi connectivity index (χ4n) is 1.83. The van der Waals surface area contributed by atoms with Gasteiger partial charge in [-0.1, -0.05) is 29.3 Å². The molecular formula is C15H12Cl2N6. The van der Waals surface area contributed by atoms with E-state index in [0.717, 1.165) is 11.4 Å². The third-order valence-corrected chi connectivity index (χ3v) is 3.64. The van der Waals surface area contributed by atoms with Gasteiger partial charge in [0.25, 0.3) is 0 Å². The molecule has 0 radical (unpaired) electrons. The van der Waals surface area contributed by atoms with Crippen LogP contribution in [0.3, 0.4) is 0 Å². The average Bonchev–Trinajstić information content (AvgIpc) is 2.58. The van der Waals surface area contributed by atoms with Crippen LogP contribution in [0.5, 0.6) is 0 Å². The van der Waals surface area contributed by atoms with Crippen LogP contribution >= 0.6 is 23.2 Å². The number of nitrogens with one attached hydrogen (secondary N) is 2. The number of benzene rings is 1. The molecule has 0 amide bonds. The minimum atomic E-state index is 0.403. The quantitative estimate of drug-likeness (QED) is 0.728. The Labute approximate surface area is 142 Å². The molecule has 0 fully saturated rings. The maximum atomic E-state index is 5.99. The normalized spacial score (nSPS) is 10.3. The Morgan fingerprint density at radius 2 is 1.96 bits per heavy atom. The zero-order chi connectivity index (χ0) is 16.1. The Balaban J connectivity index is 1.68. The molecule has 2 N–H and O–H groups in total. The van der Waals surface area contributed by atoms with Crippen LogP contribution in [-0.4, -0.2) is 20.2 Å². The lowest BCUT2D eigenvalue weighted by atomic mass is 10.3. The van der Waals surface area contributed by atoms with Crippen LogP contribution in [0.15, 0.2) is 48.8 Å². The van der Waals surface area contributed by atoms with Gasteiger partial charge < -0.3 is 10.6 Å². The van der Waals surface area contributed by atoms with Gasteiger partial charge in [0.15, 0.2) is 5.82 Å².